The molecule has 0 aliphatic heterocycles. The molecule has 0 spiro atoms. The van der Waals surface area contributed by atoms with E-state index in [9.17, 15) is 9.59 Å². The van der Waals surface area contributed by atoms with Gasteiger partial charge in [0.1, 0.15) is 0 Å². The van der Waals surface area contributed by atoms with Crippen LogP contribution in [0.1, 0.15) is 27.7 Å². The van der Waals surface area contributed by atoms with Gasteiger partial charge in [0.2, 0.25) is 5.91 Å². The Morgan fingerprint density at radius 1 is 1.36 bits per heavy atom. The average Bonchev–Trinajstić information content (AvgIpc) is 2.53. The van der Waals surface area contributed by atoms with Crippen molar-refractivity contribution in [2.24, 2.45) is 0 Å². The molecule has 0 bridgehead atoms. The van der Waals surface area contributed by atoms with E-state index in [1.54, 1.807) is 23.8 Å². The standard InChI is InChI=1S/C18H25N3O3S/c1-12(15(22)20-18(2,3)4)25-17-19-14-9-7-6-8-13(14)16(23)21(17)10-11-24-5/h6-9,12H,10-11H2,1-5H3,(H,20,22)/t12-/m1/s1. The van der Waals surface area contributed by atoms with Crippen LogP contribution in [0.2, 0.25) is 0 Å². The van der Waals surface area contributed by atoms with Crippen molar-refractivity contribution in [3.05, 3.63) is 34.6 Å². The number of rotatable bonds is 6. The molecule has 1 aromatic carbocycles. The minimum Gasteiger partial charge on any atom is -0.383 e. The summed E-state index contributed by atoms with van der Waals surface area (Å²) in [6, 6.07) is 7.23. The summed E-state index contributed by atoms with van der Waals surface area (Å²) in [5, 5.41) is 3.67. The smallest absolute Gasteiger partial charge is 0.262 e. The SMILES string of the molecule is COCCn1c(S[C@H](C)C(=O)NC(C)(C)C)nc2ccccc2c1=O. The maximum Gasteiger partial charge on any atom is 0.262 e. The summed E-state index contributed by atoms with van der Waals surface area (Å²) in [6.07, 6.45) is 0. The van der Waals surface area contributed by atoms with Crippen molar-refractivity contribution in [1.29, 1.82) is 0 Å². The molecular weight excluding hydrogens is 338 g/mol. The van der Waals surface area contributed by atoms with Crippen LogP contribution in [-0.2, 0) is 16.1 Å². The summed E-state index contributed by atoms with van der Waals surface area (Å²) in [5.41, 5.74) is 0.207. The molecule has 0 unspecified atom stereocenters. The van der Waals surface area contributed by atoms with Gasteiger partial charge in [-0.3, -0.25) is 14.2 Å². The van der Waals surface area contributed by atoms with Gasteiger partial charge in [0, 0.05) is 12.6 Å². The molecule has 7 heteroatoms. The van der Waals surface area contributed by atoms with E-state index < -0.39 is 0 Å². The molecule has 0 aliphatic carbocycles. The third kappa shape index (κ3) is 5.06. The molecule has 0 saturated heterocycles. The van der Waals surface area contributed by atoms with Crippen LogP contribution in [0.3, 0.4) is 0 Å². The molecule has 136 valence electrons. The van der Waals surface area contributed by atoms with E-state index in [2.05, 4.69) is 10.3 Å². The molecule has 0 radical (unpaired) electrons. The summed E-state index contributed by atoms with van der Waals surface area (Å²) in [6.45, 7) is 8.41. The number of nitrogens with zero attached hydrogens (tertiary/aromatic N) is 2. The first kappa shape index (κ1) is 19.5. The lowest BCUT2D eigenvalue weighted by Gasteiger charge is -2.23. The normalized spacial score (nSPS) is 13.0. The van der Waals surface area contributed by atoms with Crippen molar-refractivity contribution in [2.75, 3.05) is 13.7 Å². The Kier molecular flexibility index (Phi) is 6.24. The van der Waals surface area contributed by atoms with E-state index in [0.717, 1.165) is 0 Å². The predicted molar refractivity (Wildman–Crippen MR) is 101 cm³/mol. The summed E-state index contributed by atoms with van der Waals surface area (Å²) in [4.78, 5) is 29.8. The second-order valence-electron chi connectivity index (χ2n) is 6.86. The second-order valence-corrected chi connectivity index (χ2v) is 8.17. The van der Waals surface area contributed by atoms with Crippen molar-refractivity contribution in [2.45, 2.75) is 50.2 Å². The van der Waals surface area contributed by atoms with Gasteiger partial charge in [-0.25, -0.2) is 4.98 Å². The highest BCUT2D eigenvalue weighted by Gasteiger charge is 2.22. The van der Waals surface area contributed by atoms with Crippen LogP contribution in [0, 0.1) is 0 Å². The number of fused-ring (bicyclic) bond motifs is 1. The average molecular weight is 363 g/mol. The van der Waals surface area contributed by atoms with Gasteiger partial charge < -0.3 is 10.1 Å². The molecule has 1 atom stereocenters. The monoisotopic (exact) mass is 363 g/mol. The van der Waals surface area contributed by atoms with E-state index in [1.165, 1.54) is 11.8 Å². The molecule has 1 heterocycles. The number of methoxy groups -OCH3 is 1. The van der Waals surface area contributed by atoms with E-state index >= 15 is 0 Å². The molecule has 6 nitrogen and oxygen atoms in total. The zero-order valence-electron chi connectivity index (χ0n) is 15.3. The fourth-order valence-electron chi connectivity index (χ4n) is 2.30. The number of aromatic nitrogens is 2. The molecule has 1 aromatic heterocycles. The van der Waals surface area contributed by atoms with Crippen LogP contribution in [0.4, 0.5) is 0 Å². The van der Waals surface area contributed by atoms with Gasteiger partial charge in [-0.2, -0.15) is 0 Å². The van der Waals surface area contributed by atoms with Crippen molar-refractivity contribution >= 4 is 28.6 Å². The van der Waals surface area contributed by atoms with Crippen LogP contribution in [-0.4, -0.2) is 40.0 Å². The maximum atomic E-state index is 12.8. The Morgan fingerprint density at radius 2 is 2.04 bits per heavy atom. The first-order chi connectivity index (χ1) is 11.7. The molecule has 1 N–H and O–H groups in total. The first-order valence-corrected chi connectivity index (χ1v) is 9.08. The maximum absolute atomic E-state index is 12.8. The minimum atomic E-state index is -0.374. The highest BCUT2D eigenvalue weighted by molar-refractivity contribution is 8.00. The van der Waals surface area contributed by atoms with Crippen molar-refractivity contribution in [1.82, 2.24) is 14.9 Å². The summed E-state index contributed by atoms with van der Waals surface area (Å²) >= 11 is 1.28. The lowest BCUT2D eigenvalue weighted by atomic mass is 10.1. The van der Waals surface area contributed by atoms with Crippen LogP contribution in [0.15, 0.2) is 34.2 Å². The molecule has 2 aromatic rings. The van der Waals surface area contributed by atoms with E-state index in [1.807, 2.05) is 39.8 Å². The zero-order chi connectivity index (χ0) is 18.6. The molecule has 0 aliphatic rings. The predicted octanol–water partition coefficient (Wildman–Crippen LogP) is 2.44. The Bertz CT molecular complexity index is 811. The Balaban J connectivity index is 2.38. The molecular formula is C18H25N3O3S. The van der Waals surface area contributed by atoms with Gasteiger partial charge in [0.15, 0.2) is 5.16 Å². The Hall–Kier alpha value is -1.86. The van der Waals surface area contributed by atoms with Gasteiger partial charge in [0.05, 0.1) is 29.3 Å². The highest BCUT2D eigenvalue weighted by atomic mass is 32.2. The number of thioether (sulfide) groups is 1. The fourth-order valence-corrected chi connectivity index (χ4v) is 3.23. The van der Waals surface area contributed by atoms with E-state index in [4.69, 9.17) is 4.74 Å². The Morgan fingerprint density at radius 3 is 2.68 bits per heavy atom. The Labute approximate surface area is 152 Å². The van der Waals surface area contributed by atoms with Crippen molar-refractivity contribution in [3.8, 4) is 0 Å². The third-order valence-electron chi connectivity index (χ3n) is 3.50. The van der Waals surface area contributed by atoms with Crippen LogP contribution >= 0.6 is 11.8 Å². The van der Waals surface area contributed by atoms with Gasteiger partial charge in [-0.15, -0.1) is 0 Å². The molecule has 25 heavy (non-hydrogen) atoms. The van der Waals surface area contributed by atoms with Crippen LogP contribution in [0.5, 0.6) is 0 Å². The third-order valence-corrected chi connectivity index (χ3v) is 4.59. The number of nitrogens with one attached hydrogen (secondary N) is 1. The summed E-state index contributed by atoms with van der Waals surface area (Å²) in [5.74, 6) is -0.0850. The van der Waals surface area contributed by atoms with Gasteiger partial charge in [-0.1, -0.05) is 23.9 Å². The van der Waals surface area contributed by atoms with Crippen LogP contribution < -0.4 is 10.9 Å². The zero-order valence-corrected chi connectivity index (χ0v) is 16.1. The van der Waals surface area contributed by atoms with Crippen molar-refractivity contribution in [3.63, 3.8) is 0 Å². The summed E-state index contributed by atoms with van der Waals surface area (Å²) in [7, 11) is 1.59. The van der Waals surface area contributed by atoms with E-state index in [0.29, 0.717) is 29.2 Å². The lowest BCUT2D eigenvalue weighted by Crippen LogP contribution is -2.44. The number of carbonyl (C=O) groups is 1. The first-order valence-electron chi connectivity index (χ1n) is 8.20. The number of carbonyl (C=O) groups excluding carboxylic acids is 1. The number of amides is 1. The number of hydrogen-bond donors (Lipinski definition) is 1. The van der Waals surface area contributed by atoms with Crippen LogP contribution in [0.25, 0.3) is 10.9 Å². The van der Waals surface area contributed by atoms with E-state index in [-0.39, 0.29) is 22.3 Å². The number of benzene rings is 1. The van der Waals surface area contributed by atoms with Gasteiger partial charge >= 0.3 is 0 Å². The fraction of sp³-hybridized carbons (Fsp3) is 0.500. The highest BCUT2D eigenvalue weighted by Crippen LogP contribution is 2.23. The lowest BCUT2D eigenvalue weighted by molar-refractivity contribution is -0.121. The minimum absolute atomic E-state index is 0.0850. The number of hydrogen-bond acceptors (Lipinski definition) is 5. The summed E-state index contributed by atoms with van der Waals surface area (Å²) < 4.78 is 6.69. The number of para-hydroxylation sites is 1. The molecule has 2 rings (SSSR count). The quantitative estimate of drug-likeness (QED) is 0.630. The topological polar surface area (TPSA) is 73.2 Å². The molecule has 0 fully saturated rings. The number of ether oxygens (including phenoxy) is 1. The van der Waals surface area contributed by atoms with Gasteiger partial charge in [-0.05, 0) is 39.8 Å². The second kappa shape index (κ2) is 8.01. The molecule has 1 amide bonds. The molecule has 0 saturated carbocycles. The largest absolute Gasteiger partial charge is 0.383 e. The van der Waals surface area contributed by atoms with Gasteiger partial charge in [0.25, 0.3) is 5.56 Å². The van der Waals surface area contributed by atoms with Crippen molar-refractivity contribution < 1.29 is 9.53 Å².